The average Bonchev–Trinajstić information content (AvgIpc) is 2.68. The first-order valence-electron chi connectivity index (χ1n) is 9.35. The first-order valence-corrected chi connectivity index (χ1v) is 10.6. The maximum Gasteiger partial charge on any atom is 0.241 e. The number of likely N-dealkylation sites (N-methyl/N-ethyl adjacent to an activating group) is 1. The van der Waals surface area contributed by atoms with Crippen molar-refractivity contribution < 1.29 is 9.59 Å². The molecule has 1 atom stereocenters. The molecular weight excluding hydrogens is 370 g/mol. The zero-order chi connectivity index (χ0) is 20.7. The average molecular weight is 400 g/mol. The van der Waals surface area contributed by atoms with Gasteiger partial charge < -0.3 is 10.6 Å². The lowest BCUT2D eigenvalue weighted by molar-refractivity contribution is -0.122. The molecule has 0 spiro atoms. The van der Waals surface area contributed by atoms with Crippen LogP contribution in [-0.4, -0.2) is 42.6 Å². The summed E-state index contributed by atoms with van der Waals surface area (Å²) in [5.74, 6) is 0.159. The molecule has 2 rings (SSSR count). The van der Waals surface area contributed by atoms with Gasteiger partial charge in [0.25, 0.3) is 0 Å². The summed E-state index contributed by atoms with van der Waals surface area (Å²) in [5.41, 5.74) is 2.77. The van der Waals surface area contributed by atoms with Gasteiger partial charge in [-0.2, -0.15) is 0 Å². The summed E-state index contributed by atoms with van der Waals surface area (Å²) in [4.78, 5) is 27.6. The molecule has 2 aromatic rings. The number of hydrogen-bond donors (Lipinski definition) is 2. The van der Waals surface area contributed by atoms with E-state index in [1.54, 1.807) is 30.6 Å². The minimum atomic E-state index is -0.439. The molecule has 150 valence electrons. The molecule has 5 nitrogen and oxygen atoms in total. The molecule has 0 aromatic heterocycles. The summed E-state index contributed by atoms with van der Waals surface area (Å²) in [5, 5.41) is 5.83. The van der Waals surface area contributed by atoms with Crippen LogP contribution in [0.1, 0.15) is 32.3 Å². The second-order valence-electron chi connectivity index (χ2n) is 7.11. The number of carbonyl (C=O) groups is 2. The Bertz CT molecular complexity index is 806. The smallest absolute Gasteiger partial charge is 0.241 e. The highest BCUT2D eigenvalue weighted by atomic mass is 32.2. The zero-order valence-electron chi connectivity index (χ0n) is 17.2. The van der Waals surface area contributed by atoms with Gasteiger partial charge in [0.2, 0.25) is 11.8 Å². The van der Waals surface area contributed by atoms with Gasteiger partial charge in [0, 0.05) is 10.6 Å². The number of hydrogen-bond acceptors (Lipinski definition) is 4. The number of nitrogens with zero attached hydrogens (tertiary/aromatic N) is 1. The Morgan fingerprint density at radius 1 is 1.00 bits per heavy atom. The molecule has 0 bridgehead atoms. The summed E-state index contributed by atoms with van der Waals surface area (Å²) in [6.07, 6.45) is 1.97. The molecule has 2 aromatic carbocycles. The Balaban J connectivity index is 1.90. The number of amides is 2. The predicted molar refractivity (Wildman–Crippen MR) is 118 cm³/mol. The van der Waals surface area contributed by atoms with Crippen molar-refractivity contribution in [3.05, 3.63) is 54.1 Å². The van der Waals surface area contributed by atoms with E-state index in [1.165, 1.54) is 5.56 Å². The van der Waals surface area contributed by atoms with Crippen LogP contribution in [0.5, 0.6) is 0 Å². The van der Waals surface area contributed by atoms with Crippen LogP contribution in [0.15, 0.2) is 53.4 Å². The number of rotatable bonds is 8. The molecule has 2 N–H and O–H groups in total. The van der Waals surface area contributed by atoms with E-state index in [-0.39, 0.29) is 18.4 Å². The van der Waals surface area contributed by atoms with Crippen molar-refractivity contribution in [3.63, 3.8) is 0 Å². The molecule has 2 amide bonds. The summed E-state index contributed by atoms with van der Waals surface area (Å²) >= 11 is 1.58. The van der Waals surface area contributed by atoms with Gasteiger partial charge in [-0.05, 0) is 56.0 Å². The highest BCUT2D eigenvalue weighted by molar-refractivity contribution is 7.98. The molecule has 0 aliphatic carbocycles. The third-order valence-electron chi connectivity index (χ3n) is 4.66. The second kappa shape index (κ2) is 10.3. The minimum absolute atomic E-state index is 0.129. The summed E-state index contributed by atoms with van der Waals surface area (Å²) in [6, 6.07) is 15.1. The normalized spacial score (nSPS) is 12.1. The molecule has 0 radical (unpaired) electrons. The lowest BCUT2D eigenvalue weighted by atomic mass is 10.0. The summed E-state index contributed by atoms with van der Waals surface area (Å²) in [6.45, 7) is 6.19. The number of nitrogens with one attached hydrogen (secondary N) is 2. The zero-order valence-corrected chi connectivity index (χ0v) is 18.0. The maximum atomic E-state index is 12.5. The van der Waals surface area contributed by atoms with Crippen LogP contribution < -0.4 is 10.6 Å². The first kappa shape index (κ1) is 22.0. The highest BCUT2D eigenvalue weighted by Gasteiger charge is 2.20. The van der Waals surface area contributed by atoms with Crippen molar-refractivity contribution in [2.24, 2.45) is 0 Å². The van der Waals surface area contributed by atoms with Gasteiger partial charge in [-0.3, -0.25) is 14.5 Å². The lowest BCUT2D eigenvalue weighted by Crippen LogP contribution is -2.43. The molecule has 0 saturated heterocycles. The monoisotopic (exact) mass is 399 g/mol. The standard InChI is InChI=1S/C22H29N3O2S/c1-15(2)17-10-12-18(13-11-17)23-22(27)16(3)25(4)14-21(26)24-19-8-6-7-9-20(19)28-5/h6-13,15-16H,14H2,1-5H3,(H,23,27)(H,24,26)/t16-/m1/s1. The minimum Gasteiger partial charge on any atom is -0.325 e. The predicted octanol–water partition coefficient (Wildman–Crippen LogP) is 4.43. The largest absolute Gasteiger partial charge is 0.325 e. The topological polar surface area (TPSA) is 61.4 Å². The molecule has 0 unspecified atom stereocenters. The van der Waals surface area contributed by atoms with E-state index < -0.39 is 6.04 Å². The van der Waals surface area contributed by atoms with Crippen LogP contribution in [0.3, 0.4) is 0 Å². The number of carbonyl (C=O) groups excluding carboxylic acids is 2. The highest BCUT2D eigenvalue weighted by Crippen LogP contribution is 2.24. The van der Waals surface area contributed by atoms with E-state index in [4.69, 9.17) is 0 Å². The summed E-state index contributed by atoms with van der Waals surface area (Å²) in [7, 11) is 1.77. The van der Waals surface area contributed by atoms with Crippen LogP contribution in [0.4, 0.5) is 11.4 Å². The van der Waals surface area contributed by atoms with Crippen molar-refractivity contribution in [1.29, 1.82) is 0 Å². The fourth-order valence-electron chi connectivity index (χ4n) is 2.70. The number of thioether (sulfide) groups is 1. The maximum absolute atomic E-state index is 12.5. The third kappa shape index (κ3) is 6.11. The van der Waals surface area contributed by atoms with E-state index in [0.29, 0.717) is 5.92 Å². The SMILES string of the molecule is CSc1ccccc1NC(=O)CN(C)[C@H](C)C(=O)Nc1ccc(C(C)C)cc1. The van der Waals surface area contributed by atoms with Crippen molar-refractivity contribution in [2.45, 2.75) is 37.6 Å². The van der Waals surface area contributed by atoms with Crippen LogP contribution >= 0.6 is 11.8 Å². The second-order valence-corrected chi connectivity index (χ2v) is 7.95. The fraction of sp³-hybridized carbons (Fsp3) is 0.364. The van der Waals surface area contributed by atoms with Crippen LogP contribution in [-0.2, 0) is 9.59 Å². The molecule has 0 fully saturated rings. The lowest BCUT2D eigenvalue weighted by Gasteiger charge is -2.23. The number of benzene rings is 2. The molecular formula is C22H29N3O2S. The molecule has 28 heavy (non-hydrogen) atoms. The van der Waals surface area contributed by atoms with Gasteiger partial charge in [0.05, 0.1) is 18.3 Å². The van der Waals surface area contributed by atoms with Crippen molar-refractivity contribution >= 4 is 35.0 Å². The fourth-order valence-corrected chi connectivity index (χ4v) is 3.25. The Kier molecular flexibility index (Phi) is 8.08. The Morgan fingerprint density at radius 3 is 2.25 bits per heavy atom. The van der Waals surface area contributed by atoms with Gasteiger partial charge in [0.15, 0.2) is 0 Å². The van der Waals surface area contributed by atoms with E-state index in [0.717, 1.165) is 16.3 Å². The van der Waals surface area contributed by atoms with Crippen molar-refractivity contribution in [2.75, 3.05) is 30.5 Å². The third-order valence-corrected chi connectivity index (χ3v) is 5.46. The van der Waals surface area contributed by atoms with E-state index >= 15 is 0 Å². The molecule has 0 aliphatic rings. The molecule has 0 heterocycles. The Morgan fingerprint density at radius 2 is 1.64 bits per heavy atom. The Labute approximate surface area is 171 Å². The molecule has 0 aliphatic heterocycles. The number of anilines is 2. The Hall–Kier alpha value is -2.31. The van der Waals surface area contributed by atoms with Crippen molar-refractivity contribution in [3.8, 4) is 0 Å². The van der Waals surface area contributed by atoms with Crippen LogP contribution in [0.2, 0.25) is 0 Å². The van der Waals surface area contributed by atoms with E-state index in [1.807, 2.05) is 54.8 Å². The van der Waals surface area contributed by atoms with Crippen LogP contribution in [0.25, 0.3) is 0 Å². The van der Waals surface area contributed by atoms with Crippen LogP contribution in [0, 0.1) is 0 Å². The quantitative estimate of drug-likeness (QED) is 0.645. The molecule has 0 saturated carbocycles. The number of para-hydroxylation sites is 1. The van der Waals surface area contributed by atoms with E-state index in [9.17, 15) is 9.59 Å². The van der Waals surface area contributed by atoms with Crippen molar-refractivity contribution in [1.82, 2.24) is 4.90 Å². The molecule has 6 heteroatoms. The van der Waals surface area contributed by atoms with E-state index in [2.05, 4.69) is 24.5 Å². The van der Waals surface area contributed by atoms with Gasteiger partial charge >= 0.3 is 0 Å². The van der Waals surface area contributed by atoms with Gasteiger partial charge in [-0.1, -0.05) is 38.1 Å². The van der Waals surface area contributed by atoms with Gasteiger partial charge in [0.1, 0.15) is 0 Å². The summed E-state index contributed by atoms with van der Waals surface area (Å²) < 4.78 is 0. The first-order chi connectivity index (χ1) is 13.3. The van der Waals surface area contributed by atoms with Gasteiger partial charge in [-0.15, -0.1) is 11.8 Å². The van der Waals surface area contributed by atoms with Gasteiger partial charge in [-0.25, -0.2) is 0 Å².